The number of methoxy groups -OCH3 is 3. The minimum absolute atomic E-state index is 0.220. The molecule has 2 aromatic rings. The van der Waals surface area contributed by atoms with E-state index < -0.39 is 5.97 Å². The third-order valence-corrected chi connectivity index (χ3v) is 6.27. The zero-order valence-corrected chi connectivity index (χ0v) is 20.1. The van der Waals surface area contributed by atoms with E-state index in [1.54, 1.807) is 20.3 Å². The standard InChI is InChI=1S/C24H25FINO4/c1-14-20(11-15-5-8-17(30-3)9-6-15)27-21(13-29-2)23(24(28)31-4)22(14)18-10-7-16(25)12-19(18)26/h5-10,12,22,27H,11,13H2,1-4H3. The van der Waals surface area contributed by atoms with E-state index in [-0.39, 0.29) is 18.3 Å². The quantitative estimate of drug-likeness (QED) is 0.410. The van der Waals surface area contributed by atoms with E-state index >= 15 is 0 Å². The van der Waals surface area contributed by atoms with Gasteiger partial charge in [0.05, 0.1) is 32.1 Å². The van der Waals surface area contributed by atoms with Gasteiger partial charge >= 0.3 is 5.97 Å². The van der Waals surface area contributed by atoms with Crippen LogP contribution in [0.2, 0.25) is 0 Å². The van der Waals surface area contributed by atoms with Gasteiger partial charge in [0.2, 0.25) is 0 Å². The van der Waals surface area contributed by atoms with Crippen molar-refractivity contribution in [2.24, 2.45) is 0 Å². The monoisotopic (exact) mass is 537 g/mol. The summed E-state index contributed by atoms with van der Waals surface area (Å²) in [5, 5.41) is 3.40. The molecule has 2 aromatic carbocycles. The molecule has 0 fully saturated rings. The summed E-state index contributed by atoms with van der Waals surface area (Å²) in [5.41, 5.74) is 5.00. The van der Waals surface area contributed by atoms with Crippen molar-refractivity contribution in [2.75, 3.05) is 27.9 Å². The molecule has 0 amide bonds. The Hall–Kier alpha value is -2.39. The van der Waals surface area contributed by atoms with Crippen LogP contribution in [0.5, 0.6) is 5.75 Å². The van der Waals surface area contributed by atoms with Crippen LogP contribution >= 0.6 is 22.6 Å². The predicted molar refractivity (Wildman–Crippen MR) is 125 cm³/mol. The number of benzene rings is 2. The lowest BCUT2D eigenvalue weighted by Gasteiger charge is -2.32. The molecule has 164 valence electrons. The smallest absolute Gasteiger partial charge is 0.336 e. The van der Waals surface area contributed by atoms with Gasteiger partial charge in [-0.3, -0.25) is 0 Å². The fraction of sp³-hybridized carbons (Fsp3) is 0.292. The van der Waals surface area contributed by atoms with Crippen LogP contribution in [0.4, 0.5) is 4.39 Å². The summed E-state index contributed by atoms with van der Waals surface area (Å²) in [5.74, 6) is -0.340. The van der Waals surface area contributed by atoms with Crippen LogP contribution in [0.3, 0.4) is 0 Å². The van der Waals surface area contributed by atoms with Crippen LogP contribution < -0.4 is 10.1 Å². The average molecular weight is 537 g/mol. The van der Waals surface area contributed by atoms with Crippen LogP contribution in [-0.2, 0) is 20.7 Å². The summed E-state index contributed by atoms with van der Waals surface area (Å²) in [4.78, 5) is 12.8. The third kappa shape index (κ3) is 5.10. The highest BCUT2D eigenvalue weighted by Crippen LogP contribution is 2.41. The Morgan fingerprint density at radius 1 is 1.10 bits per heavy atom. The summed E-state index contributed by atoms with van der Waals surface area (Å²) in [6, 6.07) is 12.5. The molecule has 0 saturated carbocycles. The van der Waals surface area contributed by atoms with Crippen molar-refractivity contribution >= 4 is 28.6 Å². The van der Waals surface area contributed by atoms with Crippen molar-refractivity contribution < 1.29 is 23.4 Å². The molecule has 1 heterocycles. The maximum absolute atomic E-state index is 13.8. The van der Waals surface area contributed by atoms with Gasteiger partial charge in [-0.25, -0.2) is 9.18 Å². The number of nitrogens with one attached hydrogen (secondary N) is 1. The van der Waals surface area contributed by atoms with Crippen LogP contribution in [0.15, 0.2) is 65.0 Å². The first-order chi connectivity index (χ1) is 14.9. The lowest BCUT2D eigenvalue weighted by molar-refractivity contribution is -0.136. The molecule has 0 spiro atoms. The minimum Gasteiger partial charge on any atom is -0.497 e. The van der Waals surface area contributed by atoms with E-state index in [2.05, 4.69) is 27.9 Å². The molecule has 3 rings (SSSR count). The third-order valence-electron chi connectivity index (χ3n) is 5.33. The summed E-state index contributed by atoms with van der Waals surface area (Å²) in [6.45, 7) is 2.21. The summed E-state index contributed by atoms with van der Waals surface area (Å²) in [6.07, 6.45) is 0.631. The molecule has 1 aliphatic rings. The highest BCUT2D eigenvalue weighted by atomic mass is 127. The first-order valence-electron chi connectivity index (χ1n) is 9.74. The van der Waals surface area contributed by atoms with Gasteiger partial charge in [0.25, 0.3) is 0 Å². The Balaban J connectivity index is 2.12. The van der Waals surface area contributed by atoms with Gasteiger partial charge < -0.3 is 19.5 Å². The molecule has 1 atom stereocenters. The van der Waals surface area contributed by atoms with Crippen LogP contribution in [0.1, 0.15) is 24.0 Å². The zero-order chi connectivity index (χ0) is 22.5. The molecule has 1 unspecified atom stereocenters. The highest BCUT2D eigenvalue weighted by Gasteiger charge is 2.35. The second kappa shape index (κ2) is 10.3. The largest absolute Gasteiger partial charge is 0.497 e. The van der Waals surface area contributed by atoms with Crippen molar-refractivity contribution in [3.05, 3.63) is 85.5 Å². The van der Waals surface area contributed by atoms with E-state index in [0.717, 1.165) is 31.7 Å². The fourth-order valence-corrected chi connectivity index (χ4v) is 4.57. The van der Waals surface area contributed by atoms with Gasteiger partial charge in [0.1, 0.15) is 11.6 Å². The summed E-state index contributed by atoms with van der Waals surface area (Å²) < 4.78 is 30.3. The number of rotatable bonds is 7. The molecule has 0 bridgehead atoms. The SMILES string of the molecule is COCC1=C(C(=O)OC)C(c2ccc(F)cc2I)C(C)=C(Cc2ccc(OC)cc2)N1. The van der Waals surface area contributed by atoms with Gasteiger partial charge in [-0.1, -0.05) is 18.2 Å². The van der Waals surface area contributed by atoms with Crippen LogP contribution in [0.25, 0.3) is 0 Å². The first-order valence-corrected chi connectivity index (χ1v) is 10.8. The number of esters is 1. The van der Waals surface area contributed by atoms with Crippen molar-refractivity contribution in [3.63, 3.8) is 0 Å². The number of carbonyl (C=O) groups excluding carboxylic acids is 1. The predicted octanol–water partition coefficient (Wildman–Crippen LogP) is 4.72. The van der Waals surface area contributed by atoms with Crippen LogP contribution in [0, 0.1) is 9.39 Å². The molecule has 0 radical (unpaired) electrons. The number of allylic oxidation sites excluding steroid dienone is 2. The Morgan fingerprint density at radius 2 is 1.81 bits per heavy atom. The second-order valence-corrected chi connectivity index (χ2v) is 8.39. The fourth-order valence-electron chi connectivity index (χ4n) is 3.78. The van der Waals surface area contributed by atoms with Crippen molar-refractivity contribution in [1.82, 2.24) is 5.32 Å². The molecule has 0 aliphatic carbocycles. The molecule has 0 aromatic heterocycles. The average Bonchev–Trinajstić information content (AvgIpc) is 2.76. The van der Waals surface area contributed by atoms with Crippen molar-refractivity contribution in [2.45, 2.75) is 19.3 Å². The minimum atomic E-state index is -0.437. The molecule has 5 nitrogen and oxygen atoms in total. The molecule has 1 N–H and O–H groups in total. The summed E-state index contributed by atoms with van der Waals surface area (Å²) in [7, 11) is 4.57. The van der Waals surface area contributed by atoms with Gasteiger partial charge in [-0.15, -0.1) is 0 Å². The maximum Gasteiger partial charge on any atom is 0.336 e. The van der Waals surface area contributed by atoms with E-state index in [1.807, 2.05) is 31.2 Å². The van der Waals surface area contributed by atoms with Gasteiger partial charge in [0, 0.05) is 28.7 Å². The highest BCUT2D eigenvalue weighted by molar-refractivity contribution is 14.1. The molecular weight excluding hydrogens is 512 g/mol. The van der Waals surface area contributed by atoms with Gasteiger partial charge in [0.15, 0.2) is 0 Å². The Bertz CT molecular complexity index is 1030. The molecule has 7 heteroatoms. The number of carbonyl (C=O) groups is 1. The van der Waals surface area contributed by atoms with Crippen LogP contribution in [-0.4, -0.2) is 33.9 Å². The first kappa shape index (κ1) is 23.3. The molecule has 1 aliphatic heterocycles. The lowest BCUT2D eigenvalue weighted by atomic mass is 9.80. The normalized spacial score (nSPS) is 16.3. The lowest BCUT2D eigenvalue weighted by Crippen LogP contribution is -2.33. The number of ether oxygens (including phenoxy) is 3. The summed E-state index contributed by atoms with van der Waals surface area (Å²) >= 11 is 2.11. The van der Waals surface area contributed by atoms with Gasteiger partial charge in [-0.2, -0.15) is 0 Å². The van der Waals surface area contributed by atoms with Gasteiger partial charge in [-0.05, 0) is 70.5 Å². The molecule has 0 saturated heterocycles. The topological polar surface area (TPSA) is 56.8 Å². The molecular formula is C24H25FINO4. The van der Waals surface area contributed by atoms with E-state index in [1.165, 1.54) is 19.2 Å². The van der Waals surface area contributed by atoms with E-state index in [0.29, 0.717) is 17.7 Å². The zero-order valence-electron chi connectivity index (χ0n) is 17.9. The Morgan fingerprint density at radius 3 is 2.39 bits per heavy atom. The Labute approximate surface area is 195 Å². The van der Waals surface area contributed by atoms with Crippen molar-refractivity contribution in [3.8, 4) is 5.75 Å². The number of halogens is 2. The van der Waals surface area contributed by atoms with E-state index in [9.17, 15) is 9.18 Å². The van der Waals surface area contributed by atoms with E-state index in [4.69, 9.17) is 14.2 Å². The van der Waals surface area contributed by atoms with Crippen molar-refractivity contribution in [1.29, 1.82) is 0 Å². The second-order valence-electron chi connectivity index (χ2n) is 7.23. The maximum atomic E-state index is 13.8. The number of hydrogen-bond donors (Lipinski definition) is 1. The molecule has 31 heavy (non-hydrogen) atoms. The number of hydrogen-bond acceptors (Lipinski definition) is 5. The Kier molecular flexibility index (Phi) is 7.72. The number of dihydropyridines is 1.